The third-order valence-electron chi connectivity index (χ3n) is 4.23. The maximum Gasteiger partial charge on any atom is 0.243 e. The Hall–Kier alpha value is -2.90. The minimum absolute atomic E-state index is 0.0988. The molecule has 1 saturated carbocycles. The first-order chi connectivity index (χ1) is 12.1. The van der Waals surface area contributed by atoms with Gasteiger partial charge in [-0.3, -0.25) is 9.48 Å². The van der Waals surface area contributed by atoms with E-state index in [9.17, 15) is 4.79 Å². The molecule has 0 radical (unpaired) electrons. The van der Waals surface area contributed by atoms with Crippen molar-refractivity contribution >= 4 is 23.4 Å². The summed E-state index contributed by atoms with van der Waals surface area (Å²) in [4.78, 5) is 20.1. The Morgan fingerprint density at radius 1 is 1.32 bits per heavy atom. The first-order valence-corrected chi connectivity index (χ1v) is 8.40. The van der Waals surface area contributed by atoms with Gasteiger partial charge in [-0.1, -0.05) is 6.58 Å². The molecule has 0 atom stereocenters. The lowest BCUT2D eigenvalue weighted by molar-refractivity contribution is -0.117. The molecule has 1 fully saturated rings. The summed E-state index contributed by atoms with van der Waals surface area (Å²) in [6.45, 7) is 3.49. The number of aryl methyl sites for hydroxylation is 1. The zero-order chi connectivity index (χ0) is 17.6. The third kappa shape index (κ3) is 4.79. The molecule has 3 rings (SSSR count). The van der Waals surface area contributed by atoms with Crippen LogP contribution in [0.2, 0.25) is 0 Å². The monoisotopic (exact) mass is 341 g/mol. The molecule has 1 aliphatic rings. The largest absolute Gasteiger partial charge is 0.367 e. The number of nitrogens with one attached hydrogen (secondary N) is 3. The number of amides is 1. The Morgan fingerprint density at radius 3 is 2.76 bits per heavy atom. The second kappa shape index (κ2) is 7.78. The van der Waals surface area contributed by atoms with Gasteiger partial charge in [-0.05, 0) is 37.8 Å². The van der Waals surface area contributed by atoms with E-state index in [2.05, 4.69) is 37.6 Å². The Balaban J connectivity index is 1.52. The van der Waals surface area contributed by atoms with Crippen LogP contribution < -0.4 is 16.0 Å². The molecule has 0 aromatic carbocycles. The van der Waals surface area contributed by atoms with Gasteiger partial charge in [0.05, 0.1) is 11.9 Å². The molecular weight excluding hydrogens is 318 g/mol. The maximum absolute atomic E-state index is 11.4. The summed E-state index contributed by atoms with van der Waals surface area (Å²) in [6, 6.07) is 2.44. The molecule has 2 heterocycles. The number of hydrogen-bond donors (Lipinski definition) is 3. The van der Waals surface area contributed by atoms with E-state index in [0.717, 1.165) is 37.2 Å². The van der Waals surface area contributed by atoms with Crippen LogP contribution in [0, 0.1) is 0 Å². The van der Waals surface area contributed by atoms with Crippen molar-refractivity contribution in [2.45, 2.75) is 37.8 Å². The van der Waals surface area contributed by atoms with E-state index in [1.54, 1.807) is 17.1 Å². The lowest BCUT2D eigenvalue weighted by Crippen LogP contribution is -2.39. The molecule has 0 bridgehead atoms. The summed E-state index contributed by atoms with van der Waals surface area (Å²) in [7, 11) is 1.86. The van der Waals surface area contributed by atoms with Crippen molar-refractivity contribution in [1.82, 2.24) is 25.1 Å². The second-order valence-electron chi connectivity index (χ2n) is 6.20. The molecule has 0 unspecified atom stereocenters. The number of aromatic nitrogens is 4. The highest BCUT2D eigenvalue weighted by Gasteiger charge is 2.22. The maximum atomic E-state index is 11.4. The van der Waals surface area contributed by atoms with Crippen molar-refractivity contribution in [2.24, 2.45) is 7.05 Å². The average Bonchev–Trinajstić information content (AvgIpc) is 3.01. The molecule has 2 aromatic rings. The number of carbonyl (C=O) groups is 1. The summed E-state index contributed by atoms with van der Waals surface area (Å²) < 4.78 is 1.72. The number of carbonyl (C=O) groups excluding carboxylic acids is 1. The fourth-order valence-corrected chi connectivity index (χ4v) is 2.97. The van der Waals surface area contributed by atoms with Crippen molar-refractivity contribution in [3.8, 4) is 0 Å². The molecule has 1 aliphatic carbocycles. The molecule has 8 nitrogen and oxygen atoms in total. The van der Waals surface area contributed by atoms with Gasteiger partial charge in [0.2, 0.25) is 11.9 Å². The Kier molecular flexibility index (Phi) is 5.27. The molecule has 132 valence electrons. The van der Waals surface area contributed by atoms with E-state index < -0.39 is 0 Å². The molecule has 0 aliphatic heterocycles. The quantitative estimate of drug-likeness (QED) is 0.695. The van der Waals surface area contributed by atoms with Crippen molar-refractivity contribution in [1.29, 1.82) is 0 Å². The highest BCUT2D eigenvalue weighted by atomic mass is 16.1. The third-order valence-corrected chi connectivity index (χ3v) is 4.23. The summed E-state index contributed by atoms with van der Waals surface area (Å²) in [5, 5.41) is 13.7. The zero-order valence-corrected chi connectivity index (χ0v) is 14.3. The van der Waals surface area contributed by atoms with Crippen LogP contribution in [0.4, 0.5) is 17.5 Å². The normalized spacial score (nSPS) is 19.9. The summed E-state index contributed by atoms with van der Waals surface area (Å²) in [6.07, 6.45) is 10.5. The molecular formula is C17H23N7O. The number of nitrogens with zero attached hydrogens (tertiary/aromatic N) is 4. The molecule has 1 amide bonds. The number of rotatable bonds is 6. The van der Waals surface area contributed by atoms with Crippen LogP contribution in [0.3, 0.4) is 0 Å². The van der Waals surface area contributed by atoms with Gasteiger partial charge in [0.1, 0.15) is 5.82 Å². The van der Waals surface area contributed by atoms with E-state index in [-0.39, 0.29) is 11.9 Å². The van der Waals surface area contributed by atoms with Crippen LogP contribution in [0.15, 0.2) is 37.3 Å². The van der Waals surface area contributed by atoms with Gasteiger partial charge in [-0.15, -0.1) is 0 Å². The van der Waals surface area contributed by atoms with Crippen molar-refractivity contribution in [2.75, 3.05) is 10.6 Å². The predicted molar refractivity (Wildman–Crippen MR) is 96.5 cm³/mol. The minimum Gasteiger partial charge on any atom is -0.367 e. The zero-order valence-electron chi connectivity index (χ0n) is 14.3. The lowest BCUT2D eigenvalue weighted by atomic mass is 9.91. The Morgan fingerprint density at radius 2 is 2.08 bits per heavy atom. The van der Waals surface area contributed by atoms with Gasteiger partial charge in [-0.2, -0.15) is 10.1 Å². The second-order valence-corrected chi connectivity index (χ2v) is 6.20. The average molecular weight is 341 g/mol. The minimum atomic E-state index is -0.0988. The Labute approximate surface area is 146 Å². The highest BCUT2D eigenvalue weighted by molar-refractivity contribution is 5.87. The summed E-state index contributed by atoms with van der Waals surface area (Å²) in [5.41, 5.74) is 0.845. The summed E-state index contributed by atoms with van der Waals surface area (Å²) >= 11 is 0. The smallest absolute Gasteiger partial charge is 0.243 e. The van der Waals surface area contributed by atoms with Crippen LogP contribution in [0.25, 0.3) is 0 Å². The van der Waals surface area contributed by atoms with E-state index in [1.807, 2.05) is 19.3 Å². The van der Waals surface area contributed by atoms with Crippen molar-refractivity contribution in [3.63, 3.8) is 0 Å². The van der Waals surface area contributed by atoms with Crippen LogP contribution in [0.5, 0.6) is 0 Å². The molecule has 8 heteroatoms. The first-order valence-electron chi connectivity index (χ1n) is 8.40. The molecule has 0 spiro atoms. The van der Waals surface area contributed by atoms with Crippen LogP contribution >= 0.6 is 0 Å². The van der Waals surface area contributed by atoms with Gasteiger partial charge in [-0.25, -0.2) is 4.98 Å². The Bertz CT molecular complexity index is 734. The first kappa shape index (κ1) is 16.9. The highest BCUT2D eigenvalue weighted by Crippen LogP contribution is 2.22. The van der Waals surface area contributed by atoms with Crippen LogP contribution in [-0.2, 0) is 11.8 Å². The van der Waals surface area contributed by atoms with Crippen molar-refractivity contribution in [3.05, 3.63) is 37.3 Å². The fraction of sp³-hybridized carbons (Fsp3) is 0.412. The summed E-state index contributed by atoms with van der Waals surface area (Å²) in [5.74, 6) is 1.23. The van der Waals surface area contributed by atoms with E-state index in [1.165, 1.54) is 6.08 Å². The number of hydrogen-bond acceptors (Lipinski definition) is 6. The molecule has 3 N–H and O–H groups in total. The van der Waals surface area contributed by atoms with Crippen molar-refractivity contribution < 1.29 is 4.79 Å². The predicted octanol–water partition coefficient (Wildman–Crippen LogP) is 1.98. The molecule has 0 saturated heterocycles. The standard InChI is InChI=1S/C17H23N7O/c1-3-16(25)21-13-6-4-12(5-7-13)20-15-8-9-18-17(23-15)22-14-10-19-24(2)11-14/h3,8-13H,1,4-7H2,2H3,(H,21,25)(H2,18,20,22,23). The fourth-order valence-electron chi connectivity index (χ4n) is 2.97. The molecule has 25 heavy (non-hydrogen) atoms. The van der Waals surface area contributed by atoms with Crippen LogP contribution in [-0.4, -0.2) is 37.7 Å². The van der Waals surface area contributed by atoms with Gasteiger partial charge in [0.15, 0.2) is 0 Å². The SMILES string of the molecule is C=CC(=O)NC1CCC(Nc2ccnc(Nc3cnn(C)c3)n2)CC1. The number of anilines is 3. The van der Waals surface area contributed by atoms with Gasteiger partial charge in [0, 0.05) is 31.5 Å². The van der Waals surface area contributed by atoms with Gasteiger partial charge < -0.3 is 16.0 Å². The van der Waals surface area contributed by atoms with E-state index in [4.69, 9.17) is 0 Å². The van der Waals surface area contributed by atoms with E-state index >= 15 is 0 Å². The topological polar surface area (TPSA) is 96.8 Å². The van der Waals surface area contributed by atoms with Gasteiger partial charge >= 0.3 is 0 Å². The van der Waals surface area contributed by atoms with Crippen LogP contribution in [0.1, 0.15) is 25.7 Å². The van der Waals surface area contributed by atoms with E-state index in [0.29, 0.717) is 12.0 Å². The lowest BCUT2D eigenvalue weighted by Gasteiger charge is -2.29. The molecule has 2 aromatic heterocycles. The van der Waals surface area contributed by atoms with Gasteiger partial charge in [0.25, 0.3) is 0 Å².